The highest BCUT2D eigenvalue weighted by atomic mass is 16.4. The summed E-state index contributed by atoms with van der Waals surface area (Å²) in [5.41, 5.74) is -0.110. The van der Waals surface area contributed by atoms with Crippen LogP contribution in [0.4, 0.5) is 0 Å². The molecule has 2 nitrogen and oxygen atoms in total. The second kappa shape index (κ2) is 4.48. The van der Waals surface area contributed by atoms with Gasteiger partial charge < -0.3 is 5.11 Å². The first-order chi connectivity index (χ1) is 5.39. The third-order valence-corrected chi connectivity index (χ3v) is 2.19. The van der Waals surface area contributed by atoms with E-state index in [9.17, 15) is 4.79 Å². The molecular formula is C10H20O2. The summed E-state index contributed by atoms with van der Waals surface area (Å²) in [7, 11) is 0. The molecule has 72 valence electrons. The lowest BCUT2D eigenvalue weighted by atomic mass is 9.78. The number of carbonyl (C=O) groups is 1. The van der Waals surface area contributed by atoms with Gasteiger partial charge in [0.1, 0.15) is 0 Å². The molecule has 0 amide bonds. The summed E-state index contributed by atoms with van der Waals surface area (Å²) in [6, 6.07) is 0. The van der Waals surface area contributed by atoms with Crippen LogP contribution in [-0.2, 0) is 4.79 Å². The van der Waals surface area contributed by atoms with E-state index in [2.05, 4.69) is 6.92 Å². The first kappa shape index (κ1) is 11.5. The third-order valence-electron chi connectivity index (χ3n) is 2.19. The average molecular weight is 172 g/mol. The number of unbranched alkanes of at least 4 members (excludes halogenated alkanes) is 1. The smallest absolute Gasteiger partial charge is 0.307 e. The molecule has 1 N–H and O–H groups in total. The van der Waals surface area contributed by atoms with E-state index in [-0.39, 0.29) is 11.3 Å². The Morgan fingerprint density at radius 3 is 2.17 bits per heavy atom. The van der Waals surface area contributed by atoms with Crippen molar-refractivity contribution in [1.82, 2.24) is 0 Å². The molecule has 0 rings (SSSR count). The fourth-order valence-corrected chi connectivity index (χ4v) is 1.34. The zero-order valence-corrected chi connectivity index (χ0v) is 8.55. The number of hydrogen-bond donors (Lipinski definition) is 1. The molecule has 0 aromatic carbocycles. The van der Waals surface area contributed by atoms with Gasteiger partial charge in [0.2, 0.25) is 0 Å². The summed E-state index contributed by atoms with van der Waals surface area (Å²) < 4.78 is 0. The van der Waals surface area contributed by atoms with Gasteiger partial charge in [-0.2, -0.15) is 0 Å². The second-order valence-corrected chi connectivity index (χ2v) is 4.40. The van der Waals surface area contributed by atoms with Gasteiger partial charge in [-0.25, -0.2) is 0 Å². The molecule has 0 aliphatic heterocycles. The minimum Gasteiger partial charge on any atom is -0.481 e. The van der Waals surface area contributed by atoms with Crippen LogP contribution in [0.15, 0.2) is 0 Å². The number of hydrogen-bond acceptors (Lipinski definition) is 1. The Hall–Kier alpha value is -0.530. The average Bonchev–Trinajstić information content (AvgIpc) is 1.84. The van der Waals surface area contributed by atoms with Gasteiger partial charge in [-0.15, -0.1) is 0 Å². The summed E-state index contributed by atoms with van der Waals surface area (Å²) in [5, 5.41) is 8.94. The van der Waals surface area contributed by atoms with Crippen LogP contribution in [-0.4, -0.2) is 11.1 Å². The maximum Gasteiger partial charge on any atom is 0.307 e. The molecule has 0 spiro atoms. The van der Waals surface area contributed by atoms with Gasteiger partial charge in [0.05, 0.1) is 5.92 Å². The van der Waals surface area contributed by atoms with Crippen molar-refractivity contribution in [3.05, 3.63) is 0 Å². The lowest BCUT2D eigenvalue weighted by Crippen LogP contribution is -2.28. The number of aliphatic carboxylic acids is 1. The lowest BCUT2D eigenvalue weighted by molar-refractivity contribution is -0.145. The van der Waals surface area contributed by atoms with Gasteiger partial charge in [-0.05, 0) is 11.8 Å². The molecule has 0 fully saturated rings. The van der Waals surface area contributed by atoms with Crippen molar-refractivity contribution in [2.45, 2.75) is 47.0 Å². The molecule has 1 atom stereocenters. The van der Waals surface area contributed by atoms with E-state index < -0.39 is 5.97 Å². The quantitative estimate of drug-likeness (QED) is 0.708. The summed E-state index contributed by atoms with van der Waals surface area (Å²) in [6.45, 7) is 8.05. The topological polar surface area (TPSA) is 37.3 Å². The fourth-order valence-electron chi connectivity index (χ4n) is 1.34. The van der Waals surface area contributed by atoms with Crippen molar-refractivity contribution in [1.29, 1.82) is 0 Å². The Morgan fingerprint density at radius 2 is 1.92 bits per heavy atom. The van der Waals surface area contributed by atoms with E-state index in [1.807, 2.05) is 20.8 Å². The first-order valence-electron chi connectivity index (χ1n) is 4.62. The first-order valence-corrected chi connectivity index (χ1v) is 4.62. The van der Waals surface area contributed by atoms with Crippen molar-refractivity contribution < 1.29 is 9.90 Å². The molecule has 0 unspecified atom stereocenters. The predicted molar refractivity (Wildman–Crippen MR) is 50.1 cm³/mol. The summed E-state index contributed by atoms with van der Waals surface area (Å²) in [6.07, 6.45) is 2.88. The van der Waals surface area contributed by atoms with Crippen molar-refractivity contribution in [2.24, 2.45) is 11.3 Å². The van der Waals surface area contributed by atoms with Gasteiger partial charge in [0, 0.05) is 0 Å². The molecule has 0 saturated carbocycles. The summed E-state index contributed by atoms with van der Waals surface area (Å²) in [4.78, 5) is 10.9. The van der Waals surface area contributed by atoms with Crippen molar-refractivity contribution in [2.75, 3.05) is 0 Å². The Kier molecular flexibility index (Phi) is 4.29. The van der Waals surface area contributed by atoms with Gasteiger partial charge in [0.15, 0.2) is 0 Å². The number of carboxylic acids is 1. The van der Waals surface area contributed by atoms with Crippen LogP contribution in [0.2, 0.25) is 0 Å². The van der Waals surface area contributed by atoms with Crippen LogP contribution in [0.1, 0.15) is 47.0 Å². The highest BCUT2D eigenvalue weighted by Crippen LogP contribution is 2.30. The van der Waals surface area contributed by atoms with Crippen LogP contribution in [0.25, 0.3) is 0 Å². The summed E-state index contributed by atoms with van der Waals surface area (Å²) in [5.74, 6) is -0.853. The molecular weight excluding hydrogens is 152 g/mol. The minimum absolute atomic E-state index is 0.110. The number of rotatable bonds is 4. The van der Waals surface area contributed by atoms with E-state index in [1.165, 1.54) is 0 Å². The highest BCUT2D eigenvalue weighted by molar-refractivity contribution is 5.70. The van der Waals surface area contributed by atoms with Gasteiger partial charge >= 0.3 is 5.97 Å². The molecule has 0 aromatic heterocycles. The normalized spacial score (nSPS) is 14.3. The Morgan fingerprint density at radius 1 is 1.42 bits per heavy atom. The van der Waals surface area contributed by atoms with E-state index in [4.69, 9.17) is 5.11 Å². The van der Waals surface area contributed by atoms with E-state index in [0.717, 1.165) is 19.3 Å². The van der Waals surface area contributed by atoms with E-state index in [1.54, 1.807) is 0 Å². The molecule has 0 aliphatic carbocycles. The van der Waals surface area contributed by atoms with Crippen molar-refractivity contribution >= 4 is 5.97 Å². The predicted octanol–water partition coefficient (Wildman–Crippen LogP) is 2.92. The fraction of sp³-hybridized carbons (Fsp3) is 0.900. The van der Waals surface area contributed by atoms with Crippen LogP contribution in [0, 0.1) is 11.3 Å². The molecule has 2 heteroatoms. The lowest BCUT2D eigenvalue weighted by Gasteiger charge is -2.26. The molecule has 0 bridgehead atoms. The zero-order chi connectivity index (χ0) is 9.78. The third kappa shape index (κ3) is 3.74. The second-order valence-electron chi connectivity index (χ2n) is 4.40. The molecule has 12 heavy (non-hydrogen) atoms. The minimum atomic E-state index is -0.657. The Bertz CT molecular complexity index is 144. The van der Waals surface area contributed by atoms with Crippen LogP contribution < -0.4 is 0 Å². The maximum absolute atomic E-state index is 10.9. The molecule has 0 aliphatic rings. The van der Waals surface area contributed by atoms with Gasteiger partial charge in [0.25, 0.3) is 0 Å². The molecule has 0 saturated heterocycles. The van der Waals surface area contributed by atoms with E-state index >= 15 is 0 Å². The molecule has 0 aromatic rings. The zero-order valence-electron chi connectivity index (χ0n) is 8.55. The Labute approximate surface area is 75.0 Å². The monoisotopic (exact) mass is 172 g/mol. The maximum atomic E-state index is 10.9. The van der Waals surface area contributed by atoms with Crippen molar-refractivity contribution in [3.8, 4) is 0 Å². The van der Waals surface area contributed by atoms with Crippen molar-refractivity contribution in [3.63, 3.8) is 0 Å². The standard InChI is InChI=1S/C10H20O2/c1-5-6-7-8(9(11)12)10(2,3)4/h8H,5-7H2,1-4H3,(H,11,12)/t8-/m0/s1. The molecule has 0 heterocycles. The van der Waals surface area contributed by atoms with E-state index in [0.29, 0.717) is 0 Å². The van der Waals surface area contributed by atoms with Gasteiger partial charge in [-0.1, -0.05) is 40.5 Å². The molecule has 0 radical (unpaired) electrons. The van der Waals surface area contributed by atoms with Gasteiger partial charge in [-0.3, -0.25) is 4.79 Å². The van der Waals surface area contributed by atoms with Crippen LogP contribution in [0.5, 0.6) is 0 Å². The van der Waals surface area contributed by atoms with Crippen LogP contribution >= 0.6 is 0 Å². The number of carboxylic acid groups (broad SMARTS) is 1. The SMILES string of the molecule is CCCC[C@@H](C(=O)O)C(C)(C)C. The highest BCUT2D eigenvalue weighted by Gasteiger charge is 2.29. The Balaban J connectivity index is 4.15. The largest absolute Gasteiger partial charge is 0.481 e. The summed E-state index contributed by atoms with van der Waals surface area (Å²) >= 11 is 0. The van der Waals surface area contributed by atoms with Crippen LogP contribution in [0.3, 0.4) is 0 Å².